The summed E-state index contributed by atoms with van der Waals surface area (Å²) in [6.45, 7) is 3.55. The van der Waals surface area contributed by atoms with Crippen molar-refractivity contribution in [3.63, 3.8) is 0 Å². The molecule has 17 heavy (non-hydrogen) atoms. The van der Waals surface area contributed by atoms with Gasteiger partial charge in [-0.3, -0.25) is 10.1 Å². The number of rotatable bonds is 4. The molecule has 0 bridgehead atoms. The molecule has 0 amide bonds. The standard InChI is InChI=1S/C12H17N3O2/c1-9-4-2-6-11(12(9)15(16)17)14-8-10-5-3-7-13-10/h2,4,6,10,13-14H,3,5,7-8H2,1H3. The maximum absolute atomic E-state index is 11.0. The molecule has 1 aliphatic heterocycles. The number of nitro benzene ring substituents is 1. The first-order chi connectivity index (χ1) is 8.18. The van der Waals surface area contributed by atoms with Crippen LogP contribution in [0.4, 0.5) is 11.4 Å². The van der Waals surface area contributed by atoms with Gasteiger partial charge in [0.2, 0.25) is 0 Å². The summed E-state index contributed by atoms with van der Waals surface area (Å²) in [4.78, 5) is 10.7. The summed E-state index contributed by atoms with van der Waals surface area (Å²) in [5.41, 5.74) is 1.49. The third kappa shape index (κ3) is 2.74. The van der Waals surface area contributed by atoms with Gasteiger partial charge in [0, 0.05) is 18.2 Å². The maximum Gasteiger partial charge on any atom is 0.295 e. The summed E-state index contributed by atoms with van der Waals surface area (Å²) in [5.74, 6) is 0. The molecule has 0 radical (unpaired) electrons. The molecule has 0 saturated carbocycles. The van der Waals surface area contributed by atoms with Gasteiger partial charge in [0.25, 0.3) is 5.69 Å². The molecule has 1 heterocycles. The second-order valence-corrected chi connectivity index (χ2v) is 4.40. The molecule has 0 spiro atoms. The number of anilines is 1. The van der Waals surface area contributed by atoms with E-state index in [1.807, 2.05) is 6.07 Å². The van der Waals surface area contributed by atoms with Crippen LogP contribution in [0.25, 0.3) is 0 Å². The molecule has 0 aromatic heterocycles. The Morgan fingerprint density at radius 2 is 2.41 bits per heavy atom. The number of nitrogens with one attached hydrogen (secondary N) is 2. The van der Waals surface area contributed by atoms with Crippen molar-refractivity contribution in [2.24, 2.45) is 0 Å². The molecule has 1 aromatic carbocycles. The molecule has 92 valence electrons. The zero-order chi connectivity index (χ0) is 12.3. The van der Waals surface area contributed by atoms with E-state index in [1.54, 1.807) is 19.1 Å². The van der Waals surface area contributed by atoms with Crippen LogP contribution in [0.15, 0.2) is 18.2 Å². The van der Waals surface area contributed by atoms with Gasteiger partial charge in [-0.15, -0.1) is 0 Å². The number of aryl methyl sites for hydroxylation is 1. The molecule has 0 aliphatic carbocycles. The molecular formula is C12H17N3O2. The van der Waals surface area contributed by atoms with E-state index in [0.717, 1.165) is 19.5 Å². The van der Waals surface area contributed by atoms with Crippen LogP contribution in [0.5, 0.6) is 0 Å². The van der Waals surface area contributed by atoms with Gasteiger partial charge in [0.05, 0.1) is 4.92 Å². The molecule has 2 N–H and O–H groups in total. The van der Waals surface area contributed by atoms with Gasteiger partial charge in [-0.1, -0.05) is 12.1 Å². The fourth-order valence-electron chi connectivity index (χ4n) is 2.21. The van der Waals surface area contributed by atoms with Crippen molar-refractivity contribution < 1.29 is 4.92 Å². The van der Waals surface area contributed by atoms with Gasteiger partial charge < -0.3 is 10.6 Å². The highest BCUT2D eigenvalue weighted by molar-refractivity contribution is 5.65. The Balaban J connectivity index is 2.09. The topological polar surface area (TPSA) is 67.2 Å². The summed E-state index contributed by atoms with van der Waals surface area (Å²) < 4.78 is 0. The molecule has 1 fully saturated rings. The third-order valence-electron chi connectivity index (χ3n) is 3.12. The molecule has 1 atom stereocenters. The normalized spacial score (nSPS) is 19.2. The van der Waals surface area contributed by atoms with Gasteiger partial charge in [-0.25, -0.2) is 0 Å². The lowest BCUT2D eigenvalue weighted by Crippen LogP contribution is -2.29. The SMILES string of the molecule is Cc1cccc(NCC2CCCN2)c1[N+](=O)[O-]. The third-order valence-corrected chi connectivity index (χ3v) is 3.12. The van der Waals surface area contributed by atoms with E-state index in [4.69, 9.17) is 0 Å². The Bertz CT molecular complexity index is 414. The molecule has 1 aromatic rings. The fourth-order valence-corrected chi connectivity index (χ4v) is 2.21. The van der Waals surface area contributed by atoms with Crippen LogP contribution >= 0.6 is 0 Å². The van der Waals surface area contributed by atoms with Crippen LogP contribution in [0, 0.1) is 17.0 Å². The summed E-state index contributed by atoms with van der Waals surface area (Å²) >= 11 is 0. The van der Waals surface area contributed by atoms with Gasteiger partial charge in [0.1, 0.15) is 5.69 Å². The van der Waals surface area contributed by atoms with Crippen molar-refractivity contribution >= 4 is 11.4 Å². The lowest BCUT2D eigenvalue weighted by atomic mass is 10.1. The fraction of sp³-hybridized carbons (Fsp3) is 0.500. The van der Waals surface area contributed by atoms with Crippen LogP contribution in [-0.2, 0) is 0 Å². The average Bonchev–Trinajstić information content (AvgIpc) is 2.78. The van der Waals surface area contributed by atoms with E-state index in [9.17, 15) is 10.1 Å². The van der Waals surface area contributed by atoms with Crippen molar-refractivity contribution in [2.75, 3.05) is 18.4 Å². The van der Waals surface area contributed by atoms with Crippen LogP contribution in [0.3, 0.4) is 0 Å². The minimum absolute atomic E-state index is 0.186. The van der Waals surface area contributed by atoms with Crippen molar-refractivity contribution in [3.05, 3.63) is 33.9 Å². The first-order valence-electron chi connectivity index (χ1n) is 5.90. The summed E-state index contributed by atoms with van der Waals surface area (Å²) in [5, 5.41) is 17.5. The monoisotopic (exact) mass is 235 g/mol. The Morgan fingerprint density at radius 1 is 1.59 bits per heavy atom. The van der Waals surface area contributed by atoms with E-state index < -0.39 is 0 Å². The predicted molar refractivity (Wildman–Crippen MR) is 67.3 cm³/mol. The molecule has 5 heteroatoms. The quantitative estimate of drug-likeness (QED) is 0.619. The second-order valence-electron chi connectivity index (χ2n) is 4.40. The first kappa shape index (κ1) is 11.9. The summed E-state index contributed by atoms with van der Waals surface area (Å²) in [7, 11) is 0. The van der Waals surface area contributed by atoms with Gasteiger partial charge >= 0.3 is 0 Å². The molecule has 5 nitrogen and oxygen atoms in total. The van der Waals surface area contributed by atoms with Gasteiger partial charge in [0.15, 0.2) is 0 Å². The summed E-state index contributed by atoms with van der Waals surface area (Å²) in [6.07, 6.45) is 2.31. The molecule has 2 rings (SSSR count). The Hall–Kier alpha value is -1.62. The van der Waals surface area contributed by atoms with Crippen LogP contribution in [0.1, 0.15) is 18.4 Å². The van der Waals surface area contributed by atoms with E-state index in [1.165, 1.54) is 6.42 Å². The van der Waals surface area contributed by atoms with Crippen molar-refractivity contribution in [2.45, 2.75) is 25.8 Å². The first-order valence-corrected chi connectivity index (χ1v) is 5.90. The average molecular weight is 235 g/mol. The zero-order valence-electron chi connectivity index (χ0n) is 9.90. The molecule has 1 aliphatic rings. The van der Waals surface area contributed by atoms with E-state index in [2.05, 4.69) is 10.6 Å². The number of nitrogens with zero attached hydrogens (tertiary/aromatic N) is 1. The van der Waals surface area contributed by atoms with Crippen molar-refractivity contribution in [3.8, 4) is 0 Å². The second kappa shape index (κ2) is 5.14. The highest BCUT2D eigenvalue weighted by atomic mass is 16.6. The number of benzene rings is 1. The predicted octanol–water partition coefficient (Wildman–Crippen LogP) is 2.07. The summed E-state index contributed by atoms with van der Waals surface area (Å²) in [6, 6.07) is 5.79. The molecular weight excluding hydrogens is 218 g/mol. The Labute approximate surface area is 100 Å². The van der Waals surface area contributed by atoms with Gasteiger partial charge in [-0.05, 0) is 32.4 Å². The zero-order valence-corrected chi connectivity index (χ0v) is 9.90. The van der Waals surface area contributed by atoms with E-state index in [-0.39, 0.29) is 10.6 Å². The lowest BCUT2D eigenvalue weighted by Gasteiger charge is -2.13. The maximum atomic E-state index is 11.0. The van der Waals surface area contributed by atoms with Crippen molar-refractivity contribution in [1.82, 2.24) is 5.32 Å². The van der Waals surface area contributed by atoms with Crippen LogP contribution in [-0.4, -0.2) is 24.1 Å². The lowest BCUT2D eigenvalue weighted by molar-refractivity contribution is -0.384. The highest BCUT2D eigenvalue weighted by Gasteiger charge is 2.18. The van der Waals surface area contributed by atoms with Crippen molar-refractivity contribution in [1.29, 1.82) is 0 Å². The minimum Gasteiger partial charge on any atom is -0.378 e. The molecule has 1 unspecified atom stereocenters. The van der Waals surface area contributed by atoms with E-state index >= 15 is 0 Å². The smallest absolute Gasteiger partial charge is 0.295 e. The number of hydrogen-bond acceptors (Lipinski definition) is 4. The Kier molecular flexibility index (Phi) is 3.58. The van der Waals surface area contributed by atoms with Gasteiger partial charge in [-0.2, -0.15) is 0 Å². The largest absolute Gasteiger partial charge is 0.378 e. The number of para-hydroxylation sites is 1. The van der Waals surface area contributed by atoms with E-state index in [0.29, 0.717) is 17.3 Å². The Morgan fingerprint density at radius 3 is 3.06 bits per heavy atom. The number of hydrogen-bond donors (Lipinski definition) is 2. The number of nitro groups is 1. The van der Waals surface area contributed by atoms with Crippen LogP contribution in [0.2, 0.25) is 0 Å². The minimum atomic E-state index is -0.320. The van der Waals surface area contributed by atoms with Crippen LogP contribution < -0.4 is 10.6 Å². The molecule has 1 saturated heterocycles. The highest BCUT2D eigenvalue weighted by Crippen LogP contribution is 2.27.